The first-order valence-corrected chi connectivity index (χ1v) is 9.66. The topological polar surface area (TPSA) is 73.3 Å². The average molecular weight is 391 g/mol. The number of hydrogen-bond acceptors (Lipinski definition) is 5. The maximum Gasteiger partial charge on any atom is 0.258 e. The summed E-state index contributed by atoms with van der Waals surface area (Å²) in [5.74, 6) is 0.967. The molecule has 1 N–H and O–H groups in total. The van der Waals surface area contributed by atoms with Gasteiger partial charge in [0.1, 0.15) is 12.4 Å². The molecule has 29 heavy (non-hydrogen) atoms. The molecule has 150 valence electrons. The molecule has 2 aromatic carbocycles. The second-order valence-corrected chi connectivity index (χ2v) is 6.57. The Labute approximate surface area is 170 Å². The lowest BCUT2D eigenvalue weighted by molar-refractivity contribution is -0.123. The molecule has 0 aliphatic heterocycles. The molecule has 0 unspecified atom stereocenters. The van der Waals surface area contributed by atoms with Gasteiger partial charge in [-0.3, -0.25) is 4.79 Å². The van der Waals surface area contributed by atoms with Crippen molar-refractivity contribution in [2.45, 2.75) is 20.3 Å². The van der Waals surface area contributed by atoms with Gasteiger partial charge in [-0.2, -0.15) is 0 Å². The highest BCUT2D eigenvalue weighted by atomic mass is 16.5. The second kappa shape index (κ2) is 10.2. The summed E-state index contributed by atoms with van der Waals surface area (Å²) in [4.78, 5) is 11.9. The zero-order chi connectivity index (χ0) is 20.5. The monoisotopic (exact) mass is 391 g/mol. The van der Waals surface area contributed by atoms with Crippen molar-refractivity contribution < 1.29 is 14.3 Å². The summed E-state index contributed by atoms with van der Waals surface area (Å²) in [6, 6.07) is 19.4. The first-order chi connectivity index (χ1) is 14.2. The number of rotatable bonds is 9. The van der Waals surface area contributed by atoms with Crippen LogP contribution in [0.25, 0.3) is 11.3 Å². The van der Waals surface area contributed by atoms with Crippen LogP contribution in [0.2, 0.25) is 0 Å². The molecule has 6 nitrogen and oxygen atoms in total. The van der Waals surface area contributed by atoms with Gasteiger partial charge in [0.05, 0.1) is 12.2 Å². The minimum atomic E-state index is -0.194. The standard InChI is InChI=1S/C23H25N3O3/c1-3-18-6-4-5-7-21(18)29-16-22(27)24-14-15-28-23-13-12-20(25-26-23)19-10-8-17(2)9-11-19/h4-13H,3,14-16H2,1-2H3,(H,24,27). The van der Waals surface area contributed by atoms with Crippen molar-refractivity contribution in [1.82, 2.24) is 15.5 Å². The SMILES string of the molecule is CCc1ccccc1OCC(=O)NCCOc1ccc(-c2ccc(C)cc2)nn1. The molecule has 0 radical (unpaired) electrons. The van der Waals surface area contributed by atoms with E-state index in [1.54, 1.807) is 6.07 Å². The molecular weight excluding hydrogens is 366 g/mol. The maximum absolute atomic E-state index is 11.9. The van der Waals surface area contributed by atoms with Crippen molar-refractivity contribution in [3.05, 3.63) is 71.8 Å². The fourth-order valence-corrected chi connectivity index (χ4v) is 2.75. The lowest BCUT2D eigenvalue weighted by atomic mass is 10.1. The average Bonchev–Trinajstić information content (AvgIpc) is 2.76. The quantitative estimate of drug-likeness (QED) is 0.564. The molecule has 0 aliphatic carbocycles. The minimum Gasteiger partial charge on any atom is -0.483 e. The lowest BCUT2D eigenvalue weighted by Crippen LogP contribution is -2.32. The molecule has 1 heterocycles. The van der Waals surface area contributed by atoms with Gasteiger partial charge >= 0.3 is 0 Å². The van der Waals surface area contributed by atoms with E-state index < -0.39 is 0 Å². The fraction of sp³-hybridized carbons (Fsp3) is 0.261. The normalized spacial score (nSPS) is 10.4. The summed E-state index contributed by atoms with van der Waals surface area (Å²) < 4.78 is 11.1. The Bertz CT molecular complexity index is 925. The van der Waals surface area contributed by atoms with Crippen LogP contribution in [0.4, 0.5) is 0 Å². The Morgan fingerprint density at radius 3 is 2.48 bits per heavy atom. The molecule has 0 spiro atoms. The summed E-state index contributed by atoms with van der Waals surface area (Å²) in [5, 5.41) is 11.0. The fourth-order valence-electron chi connectivity index (χ4n) is 2.75. The predicted octanol–water partition coefficient (Wildman–Crippen LogP) is 3.59. The van der Waals surface area contributed by atoms with E-state index in [-0.39, 0.29) is 12.5 Å². The number of hydrogen-bond donors (Lipinski definition) is 1. The van der Waals surface area contributed by atoms with E-state index >= 15 is 0 Å². The van der Waals surface area contributed by atoms with E-state index in [1.807, 2.05) is 61.5 Å². The third-order valence-corrected chi connectivity index (χ3v) is 4.37. The Morgan fingerprint density at radius 1 is 0.966 bits per heavy atom. The van der Waals surface area contributed by atoms with Crippen molar-refractivity contribution in [2.24, 2.45) is 0 Å². The van der Waals surface area contributed by atoms with Crippen LogP contribution in [0.15, 0.2) is 60.7 Å². The number of para-hydroxylation sites is 1. The highest BCUT2D eigenvalue weighted by Gasteiger charge is 2.06. The Morgan fingerprint density at radius 2 is 1.76 bits per heavy atom. The molecule has 0 saturated heterocycles. The van der Waals surface area contributed by atoms with Crippen LogP contribution in [0.1, 0.15) is 18.1 Å². The number of amides is 1. The van der Waals surface area contributed by atoms with Gasteiger partial charge in [0.15, 0.2) is 6.61 Å². The van der Waals surface area contributed by atoms with E-state index in [0.29, 0.717) is 19.0 Å². The van der Waals surface area contributed by atoms with E-state index in [4.69, 9.17) is 9.47 Å². The Balaban J connectivity index is 1.38. The van der Waals surface area contributed by atoms with Crippen molar-refractivity contribution >= 4 is 5.91 Å². The maximum atomic E-state index is 11.9. The van der Waals surface area contributed by atoms with Crippen molar-refractivity contribution in [3.8, 4) is 22.9 Å². The van der Waals surface area contributed by atoms with Gasteiger partial charge < -0.3 is 14.8 Å². The molecular formula is C23H25N3O3. The van der Waals surface area contributed by atoms with Gasteiger partial charge in [-0.05, 0) is 31.0 Å². The van der Waals surface area contributed by atoms with Crippen molar-refractivity contribution in [2.75, 3.05) is 19.8 Å². The lowest BCUT2D eigenvalue weighted by Gasteiger charge is -2.11. The number of carbonyl (C=O) groups excluding carboxylic acids is 1. The van der Waals surface area contributed by atoms with Gasteiger partial charge in [0.25, 0.3) is 5.91 Å². The van der Waals surface area contributed by atoms with Crippen LogP contribution in [0, 0.1) is 6.92 Å². The number of nitrogens with one attached hydrogen (secondary N) is 1. The van der Waals surface area contributed by atoms with Crippen LogP contribution in [0.3, 0.4) is 0 Å². The number of nitrogens with zero attached hydrogens (tertiary/aromatic N) is 2. The third kappa shape index (κ3) is 6.04. The summed E-state index contributed by atoms with van der Waals surface area (Å²) in [6.07, 6.45) is 0.857. The first kappa shape index (κ1) is 20.3. The number of benzene rings is 2. The molecule has 0 fully saturated rings. The largest absolute Gasteiger partial charge is 0.483 e. The number of ether oxygens (including phenoxy) is 2. The third-order valence-electron chi connectivity index (χ3n) is 4.37. The van der Waals surface area contributed by atoms with Crippen molar-refractivity contribution in [3.63, 3.8) is 0 Å². The van der Waals surface area contributed by atoms with Crippen LogP contribution in [0.5, 0.6) is 11.6 Å². The second-order valence-electron chi connectivity index (χ2n) is 6.57. The summed E-state index contributed by atoms with van der Waals surface area (Å²) >= 11 is 0. The molecule has 1 amide bonds. The molecule has 0 atom stereocenters. The number of aromatic nitrogens is 2. The Kier molecular flexibility index (Phi) is 7.16. The van der Waals surface area contributed by atoms with Crippen LogP contribution < -0.4 is 14.8 Å². The summed E-state index contributed by atoms with van der Waals surface area (Å²) in [6.45, 7) is 4.73. The highest BCUT2D eigenvalue weighted by Crippen LogP contribution is 2.19. The summed E-state index contributed by atoms with van der Waals surface area (Å²) in [5.41, 5.74) is 4.07. The highest BCUT2D eigenvalue weighted by molar-refractivity contribution is 5.77. The first-order valence-electron chi connectivity index (χ1n) is 9.66. The van der Waals surface area contributed by atoms with Crippen LogP contribution >= 0.6 is 0 Å². The van der Waals surface area contributed by atoms with E-state index in [2.05, 4.69) is 22.4 Å². The molecule has 1 aromatic heterocycles. The number of carbonyl (C=O) groups is 1. The minimum absolute atomic E-state index is 0.0257. The molecule has 0 saturated carbocycles. The molecule has 3 aromatic rings. The molecule has 6 heteroatoms. The van der Waals surface area contributed by atoms with Gasteiger partial charge in [0, 0.05) is 11.6 Å². The van der Waals surface area contributed by atoms with Crippen LogP contribution in [-0.4, -0.2) is 35.9 Å². The molecule has 0 aliphatic rings. The van der Waals surface area contributed by atoms with Gasteiger partial charge in [-0.25, -0.2) is 0 Å². The smallest absolute Gasteiger partial charge is 0.258 e. The molecule has 3 rings (SSSR count). The van der Waals surface area contributed by atoms with Gasteiger partial charge in [-0.15, -0.1) is 10.2 Å². The van der Waals surface area contributed by atoms with Crippen LogP contribution in [-0.2, 0) is 11.2 Å². The number of aryl methyl sites for hydroxylation is 2. The van der Waals surface area contributed by atoms with Gasteiger partial charge in [-0.1, -0.05) is 55.0 Å². The predicted molar refractivity (Wildman–Crippen MR) is 112 cm³/mol. The summed E-state index contributed by atoms with van der Waals surface area (Å²) in [7, 11) is 0. The van der Waals surface area contributed by atoms with E-state index in [0.717, 1.165) is 29.0 Å². The van der Waals surface area contributed by atoms with E-state index in [9.17, 15) is 4.79 Å². The van der Waals surface area contributed by atoms with E-state index in [1.165, 1.54) is 5.56 Å². The van der Waals surface area contributed by atoms with Crippen molar-refractivity contribution in [1.29, 1.82) is 0 Å². The zero-order valence-corrected chi connectivity index (χ0v) is 16.7. The van der Waals surface area contributed by atoms with Gasteiger partial charge in [0.2, 0.25) is 5.88 Å². The Hall–Kier alpha value is -3.41. The molecule has 0 bridgehead atoms. The zero-order valence-electron chi connectivity index (χ0n) is 16.7.